The van der Waals surface area contributed by atoms with Crippen LogP contribution in [-0.4, -0.2) is 9.97 Å². The number of unbranched alkanes of at least 4 members (excludes halogenated alkanes) is 2. The second-order valence-electron chi connectivity index (χ2n) is 3.40. The van der Waals surface area contributed by atoms with Crippen molar-refractivity contribution in [1.29, 1.82) is 0 Å². The molecule has 0 amide bonds. The summed E-state index contributed by atoms with van der Waals surface area (Å²) in [5.41, 5.74) is 2.31. The molecule has 0 N–H and O–H groups in total. The van der Waals surface area contributed by atoms with Crippen LogP contribution in [0.15, 0.2) is 10.8 Å². The van der Waals surface area contributed by atoms with Crippen LogP contribution in [0.25, 0.3) is 0 Å². The van der Waals surface area contributed by atoms with Crippen molar-refractivity contribution in [2.24, 2.45) is 0 Å². The molecule has 0 saturated heterocycles. The van der Waals surface area contributed by atoms with Crippen molar-refractivity contribution in [3.8, 4) is 0 Å². The average Bonchev–Trinajstić information content (AvgIpc) is 2.20. The van der Waals surface area contributed by atoms with E-state index in [4.69, 9.17) is 0 Å². The minimum absolute atomic E-state index is 0.841. The van der Waals surface area contributed by atoms with Crippen molar-refractivity contribution in [1.82, 2.24) is 9.97 Å². The highest BCUT2D eigenvalue weighted by Gasteiger charge is 2.04. The van der Waals surface area contributed by atoms with E-state index in [2.05, 4.69) is 39.7 Å². The van der Waals surface area contributed by atoms with Gasteiger partial charge in [-0.1, -0.05) is 26.7 Å². The molecule has 0 spiro atoms. The van der Waals surface area contributed by atoms with Gasteiger partial charge in [0.05, 0.1) is 17.6 Å². The predicted molar refractivity (Wildman–Crippen MR) is 62.3 cm³/mol. The van der Waals surface area contributed by atoms with Crippen LogP contribution in [0.5, 0.6) is 0 Å². The molecule has 2 nitrogen and oxygen atoms in total. The lowest BCUT2D eigenvalue weighted by atomic mass is 10.1. The molecule has 0 fully saturated rings. The lowest BCUT2D eigenvalue weighted by Crippen LogP contribution is -2.00. The van der Waals surface area contributed by atoms with Crippen molar-refractivity contribution < 1.29 is 0 Å². The summed E-state index contributed by atoms with van der Waals surface area (Å²) in [6.07, 6.45) is 7.58. The highest BCUT2D eigenvalue weighted by atomic mass is 79.9. The number of nitrogens with zero attached hydrogens (tertiary/aromatic N) is 2. The molecule has 1 aromatic rings. The van der Waals surface area contributed by atoms with Gasteiger partial charge >= 0.3 is 0 Å². The standard InChI is InChI=1S/C11H17BrN2/c1-3-5-6-7-10-9(4-2)14-11(12)8-13-10/h8H,3-7H2,1-2H3. The summed E-state index contributed by atoms with van der Waals surface area (Å²) in [5, 5.41) is 0. The van der Waals surface area contributed by atoms with Gasteiger partial charge in [-0.3, -0.25) is 4.98 Å². The molecule has 1 aromatic heterocycles. The minimum Gasteiger partial charge on any atom is -0.257 e. The van der Waals surface area contributed by atoms with Crippen molar-refractivity contribution in [3.05, 3.63) is 22.2 Å². The van der Waals surface area contributed by atoms with Crippen LogP contribution in [-0.2, 0) is 12.8 Å². The van der Waals surface area contributed by atoms with Crippen LogP contribution >= 0.6 is 15.9 Å². The lowest BCUT2D eigenvalue weighted by molar-refractivity contribution is 0.696. The maximum Gasteiger partial charge on any atom is 0.124 e. The Morgan fingerprint density at radius 2 is 2.00 bits per heavy atom. The van der Waals surface area contributed by atoms with Gasteiger partial charge in [0.1, 0.15) is 4.60 Å². The van der Waals surface area contributed by atoms with Crippen molar-refractivity contribution >= 4 is 15.9 Å². The number of halogens is 1. The number of aryl methyl sites for hydroxylation is 2. The summed E-state index contributed by atoms with van der Waals surface area (Å²) in [6, 6.07) is 0. The summed E-state index contributed by atoms with van der Waals surface area (Å²) in [6.45, 7) is 4.34. The smallest absolute Gasteiger partial charge is 0.124 e. The highest BCUT2D eigenvalue weighted by Crippen LogP contribution is 2.12. The molecule has 14 heavy (non-hydrogen) atoms. The molecule has 0 aliphatic rings. The highest BCUT2D eigenvalue weighted by molar-refractivity contribution is 9.10. The molecule has 1 rings (SSSR count). The fourth-order valence-electron chi connectivity index (χ4n) is 1.46. The fourth-order valence-corrected chi connectivity index (χ4v) is 1.78. The molecule has 0 aliphatic heterocycles. The Balaban J connectivity index is 2.65. The Kier molecular flexibility index (Phi) is 5.09. The molecular formula is C11H17BrN2. The van der Waals surface area contributed by atoms with E-state index in [1.165, 1.54) is 25.0 Å². The van der Waals surface area contributed by atoms with E-state index < -0.39 is 0 Å². The van der Waals surface area contributed by atoms with Crippen LogP contribution in [0.1, 0.15) is 44.5 Å². The summed E-state index contributed by atoms with van der Waals surface area (Å²) >= 11 is 3.35. The van der Waals surface area contributed by atoms with Crippen LogP contribution in [0.4, 0.5) is 0 Å². The van der Waals surface area contributed by atoms with Crippen molar-refractivity contribution in [3.63, 3.8) is 0 Å². The predicted octanol–water partition coefficient (Wildman–Crippen LogP) is 3.53. The van der Waals surface area contributed by atoms with Crippen LogP contribution in [0, 0.1) is 0 Å². The van der Waals surface area contributed by atoms with Gasteiger partial charge in [0.25, 0.3) is 0 Å². The zero-order valence-corrected chi connectivity index (χ0v) is 10.5. The SMILES string of the molecule is CCCCCc1ncc(Br)nc1CC. The van der Waals surface area contributed by atoms with Gasteiger partial charge in [0.2, 0.25) is 0 Å². The summed E-state index contributed by atoms with van der Waals surface area (Å²) in [4.78, 5) is 8.84. The van der Waals surface area contributed by atoms with Crippen molar-refractivity contribution in [2.45, 2.75) is 46.0 Å². The van der Waals surface area contributed by atoms with Crippen LogP contribution in [0.2, 0.25) is 0 Å². The summed E-state index contributed by atoms with van der Waals surface area (Å²) in [7, 11) is 0. The van der Waals surface area contributed by atoms with Gasteiger partial charge in [0.15, 0.2) is 0 Å². The minimum atomic E-state index is 0.841. The number of hydrogen-bond acceptors (Lipinski definition) is 2. The van der Waals surface area contributed by atoms with Crippen molar-refractivity contribution in [2.75, 3.05) is 0 Å². The quantitative estimate of drug-likeness (QED) is 0.754. The second kappa shape index (κ2) is 6.12. The Labute approximate surface area is 94.3 Å². The van der Waals surface area contributed by atoms with Gasteiger partial charge < -0.3 is 0 Å². The number of hydrogen-bond donors (Lipinski definition) is 0. The monoisotopic (exact) mass is 256 g/mol. The molecule has 3 heteroatoms. The second-order valence-corrected chi connectivity index (χ2v) is 4.21. The number of rotatable bonds is 5. The first kappa shape index (κ1) is 11.6. The van der Waals surface area contributed by atoms with E-state index in [9.17, 15) is 0 Å². The Morgan fingerprint density at radius 3 is 2.64 bits per heavy atom. The first-order valence-electron chi connectivity index (χ1n) is 5.28. The van der Waals surface area contributed by atoms with Gasteiger partial charge in [-0.05, 0) is 35.2 Å². The molecule has 0 atom stereocenters. The van der Waals surface area contributed by atoms with Gasteiger partial charge in [-0.25, -0.2) is 4.98 Å². The largest absolute Gasteiger partial charge is 0.257 e. The fraction of sp³-hybridized carbons (Fsp3) is 0.636. The van der Waals surface area contributed by atoms with E-state index in [0.717, 1.165) is 23.1 Å². The van der Waals surface area contributed by atoms with Gasteiger partial charge in [-0.15, -0.1) is 0 Å². The first-order valence-corrected chi connectivity index (χ1v) is 6.07. The normalized spacial score (nSPS) is 10.5. The first-order chi connectivity index (χ1) is 6.77. The maximum atomic E-state index is 4.42. The van der Waals surface area contributed by atoms with Crippen LogP contribution < -0.4 is 0 Å². The molecular weight excluding hydrogens is 240 g/mol. The van der Waals surface area contributed by atoms with E-state index >= 15 is 0 Å². The topological polar surface area (TPSA) is 25.8 Å². The molecule has 0 aromatic carbocycles. The Morgan fingerprint density at radius 1 is 1.21 bits per heavy atom. The third-order valence-electron chi connectivity index (χ3n) is 2.25. The van der Waals surface area contributed by atoms with E-state index in [-0.39, 0.29) is 0 Å². The molecule has 0 radical (unpaired) electrons. The third-order valence-corrected chi connectivity index (χ3v) is 2.64. The molecule has 78 valence electrons. The molecule has 0 saturated carbocycles. The summed E-state index contributed by atoms with van der Waals surface area (Å²) in [5.74, 6) is 0. The van der Waals surface area contributed by atoms with Crippen LogP contribution in [0.3, 0.4) is 0 Å². The molecule has 0 bridgehead atoms. The van der Waals surface area contributed by atoms with E-state index in [1.54, 1.807) is 6.20 Å². The number of aromatic nitrogens is 2. The third kappa shape index (κ3) is 3.37. The van der Waals surface area contributed by atoms with E-state index in [0.29, 0.717) is 0 Å². The maximum absolute atomic E-state index is 4.42. The van der Waals surface area contributed by atoms with E-state index in [1.807, 2.05) is 0 Å². The Bertz CT molecular complexity index is 287. The molecule has 0 aliphatic carbocycles. The average molecular weight is 257 g/mol. The van der Waals surface area contributed by atoms with Gasteiger partial charge in [0, 0.05) is 0 Å². The zero-order valence-electron chi connectivity index (χ0n) is 8.89. The lowest BCUT2D eigenvalue weighted by Gasteiger charge is -2.05. The Hall–Kier alpha value is -0.440. The summed E-state index contributed by atoms with van der Waals surface area (Å²) < 4.78 is 0.841. The van der Waals surface area contributed by atoms with Gasteiger partial charge in [-0.2, -0.15) is 0 Å². The zero-order chi connectivity index (χ0) is 10.4. The molecule has 1 heterocycles. The molecule has 0 unspecified atom stereocenters.